The summed E-state index contributed by atoms with van der Waals surface area (Å²) in [5, 5.41) is 0. The Morgan fingerprint density at radius 1 is 1.00 bits per heavy atom. The third-order valence-electron chi connectivity index (χ3n) is 4.30. The Morgan fingerprint density at radius 3 is 2.38 bits per heavy atom. The van der Waals surface area contributed by atoms with Crippen LogP contribution in [-0.2, 0) is 11.2 Å². The lowest BCUT2D eigenvalue weighted by molar-refractivity contribution is 0.0980. The molecule has 2 heteroatoms. The van der Waals surface area contributed by atoms with Gasteiger partial charge in [0.05, 0.1) is 0 Å². The maximum atomic E-state index is 5.77. The minimum absolute atomic E-state index is 0.862. The Balaban J connectivity index is 1.47. The smallest absolute Gasteiger partial charge is 0.0478 e. The van der Waals surface area contributed by atoms with E-state index < -0.39 is 0 Å². The van der Waals surface area contributed by atoms with Crippen molar-refractivity contribution in [1.82, 2.24) is 4.90 Å². The average molecular weight is 289 g/mol. The van der Waals surface area contributed by atoms with Crippen LogP contribution in [-0.4, -0.2) is 37.7 Å². The lowest BCUT2D eigenvalue weighted by Gasteiger charge is -2.34. The molecule has 0 unspecified atom stereocenters. The first kappa shape index (κ1) is 16.5. The van der Waals surface area contributed by atoms with Gasteiger partial charge in [0.1, 0.15) is 0 Å². The molecule has 0 saturated carbocycles. The minimum atomic E-state index is 0.862. The van der Waals surface area contributed by atoms with Crippen LogP contribution in [0.5, 0.6) is 0 Å². The van der Waals surface area contributed by atoms with Crippen LogP contribution < -0.4 is 0 Å². The van der Waals surface area contributed by atoms with E-state index in [-0.39, 0.29) is 0 Å². The highest BCUT2D eigenvalue weighted by Gasteiger charge is 2.20. The van der Waals surface area contributed by atoms with Gasteiger partial charge in [-0.3, -0.25) is 0 Å². The standard InChI is InChI=1S/C19H31NO/c1-17-14-18(2)16-20(15-17)11-7-13-21-12-6-10-19-8-4-3-5-9-19/h3-5,8-9,17-18H,6-7,10-16H2,1-2H3/t17-,18+. The van der Waals surface area contributed by atoms with Crippen LogP contribution in [0.4, 0.5) is 0 Å². The highest BCUT2D eigenvalue weighted by atomic mass is 16.5. The number of likely N-dealkylation sites (tertiary alicyclic amines) is 1. The summed E-state index contributed by atoms with van der Waals surface area (Å²) in [5.74, 6) is 1.72. The molecule has 2 atom stereocenters. The van der Waals surface area contributed by atoms with E-state index in [0.29, 0.717) is 0 Å². The van der Waals surface area contributed by atoms with Gasteiger partial charge < -0.3 is 9.64 Å². The molecular weight excluding hydrogens is 258 g/mol. The van der Waals surface area contributed by atoms with Crippen LogP contribution >= 0.6 is 0 Å². The first-order chi connectivity index (χ1) is 10.2. The maximum absolute atomic E-state index is 5.77. The molecular formula is C19H31NO. The molecule has 0 aromatic heterocycles. The van der Waals surface area contributed by atoms with Crippen molar-refractivity contribution in [2.75, 3.05) is 32.8 Å². The lowest BCUT2D eigenvalue weighted by Crippen LogP contribution is -2.39. The quantitative estimate of drug-likeness (QED) is 0.671. The summed E-state index contributed by atoms with van der Waals surface area (Å²) >= 11 is 0. The fraction of sp³-hybridized carbons (Fsp3) is 0.684. The van der Waals surface area contributed by atoms with Crippen LogP contribution in [0.1, 0.15) is 38.7 Å². The van der Waals surface area contributed by atoms with Crippen molar-refractivity contribution >= 4 is 0 Å². The van der Waals surface area contributed by atoms with Crippen molar-refractivity contribution in [3.63, 3.8) is 0 Å². The predicted octanol–water partition coefficient (Wildman–Crippen LogP) is 4.00. The second-order valence-electron chi connectivity index (χ2n) is 6.76. The van der Waals surface area contributed by atoms with Gasteiger partial charge in [-0.1, -0.05) is 44.2 Å². The van der Waals surface area contributed by atoms with E-state index in [1.807, 2.05) is 0 Å². The van der Waals surface area contributed by atoms with Crippen molar-refractivity contribution in [2.24, 2.45) is 11.8 Å². The average Bonchev–Trinajstić information content (AvgIpc) is 2.46. The molecule has 1 saturated heterocycles. The van der Waals surface area contributed by atoms with Gasteiger partial charge in [-0.25, -0.2) is 0 Å². The van der Waals surface area contributed by atoms with Gasteiger partial charge in [-0.15, -0.1) is 0 Å². The molecule has 0 radical (unpaired) electrons. The van der Waals surface area contributed by atoms with E-state index >= 15 is 0 Å². The van der Waals surface area contributed by atoms with Crippen LogP contribution in [0.15, 0.2) is 30.3 Å². The van der Waals surface area contributed by atoms with Gasteiger partial charge in [0.25, 0.3) is 0 Å². The number of benzene rings is 1. The second kappa shape index (κ2) is 9.22. The third kappa shape index (κ3) is 6.62. The monoisotopic (exact) mass is 289 g/mol. The molecule has 1 aliphatic heterocycles. The number of nitrogens with zero attached hydrogens (tertiary/aromatic N) is 1. The number of hydrogen-bond acceptors (Lipinski definition) is 2. The summed E-state index contributed by atoms with van der Waals surface area (Å²) in [6, 6.07) is 10.7. The summed E-state index contributed by atoms with van der Waals surface area (Å²) in [6.45, 7) is 10.3. The molecule has 1 aromatic rings. The Morgan fingerprint density at radius 2 is 1.67 bits per heavy atom. The van der Waals surface area contributed by atoms with Crippen LogP contribution in [0.25, 0.3) is 0 Å². The van der Waals surface area contributed by atoms with Crippen LogP contribution in [0.2, 0.25) is 0 Å². The Labute approximate surface area is 130 Å². The highest BCUT2D eigenvalue weighted by Crippen LogP contribution is 2.20. The van der Waals surface area contributed by atoms with Crippen LogP contribution in [0.3, 0.4) is 0 Å². The van der Waals surface area contributed by atoms with Crippen molar-refractivity contribution in [1.29, 1.82) is 0 Å². The number of ether oxygens (including phenoxy) is 1. The fourth-order valence-corrected chi connectivity index (χ4v) is 3.49. The van der Waals surface area contributed by atoms with E-state index in [2.05, 4.69) is 49.1 Å². The van der Waals surface area contributed by atoms with Gasteiger partial charge >= 0.3 is 0 Å². The Kier molecular flexibility index (Phi) is 7.25. The normalized spacial score (nSPS) is 23.3. The first-order valence-corrected chi connectivity index (χ1v) is 8.58. The second-order valence-corrected chi connectivity index (χ2v) is 6.76. The summed E-state index contributed by atoms with van der Waals surface area (Å²) in [4.78, 5) is 2.62. The molecule has 1 aliphatic rings. The molecule has 0 bridgehead atoms. The van der Waals surface area contributed by atoms with Crippen molar-refractivity contribution < 1.29 is 4.74 Å². The van der Waals surface area contributed by atoms with Gasteiger partial charge in [-0.05, 0) is 43.1 Å². The molecule has 21 heavy (non-hydrogen) atoms. The molecule has 118 valence electrons. The molecule has 1 fully saturated rings. The Bertz CT molecular complexity index is 368. The molecule has 0 aliphatic carbocycles. The molecule has 2 nitrogen and oxygen atoms in total. The summed E-state index contributed by atoms with van der Waals surface area (Å²) in [6.07, 6.45) is 4.82. The van der Waals surface area contributed by atoms with E-state index in [0.717, 1.165) is 37.9 Å². The number of aryl methyl sites for hydroxylation is 1. The van der Waals surface area contributed by atoms with Gasteiger partial charge in [0.2, 0.25) is 0 Å². The van der Waals surface area contributed by atoms with Gasteiger partial charge in [-0.2, -0.15) is 0 Å². The summed E-state index contributed by atoms with van der Waals surface area (Å²) < 4.78 is 5.77. The largest absolute Gasteiger partial charge is 0.381 e. The first-order valence-electron chi connectivity index (χ1n) is 8.58. The lowest BCUT2D eigenvalue weighted by atomic mass is 9.92. The summed E-state index contributed by atoms with van der Waals surface area (Å²) in [7, 11) is 0. The predicted molar refractivity (Wildman–Crippen MR) is 89.6 cm³/mol. The highest BCUT2D eigenvalue weighted by molar-refractivity contribution is 5.14. The molecule has 1 heterocycles. The summed E-state index contributed by atoms with van der Waals surface area (Å²) in [5.41, 5.74) is 1.41. The number of rotatable bonds is 8. The third-order valence-corrected chi connectivity index (χ3v) is 4.30. The van der Waals surface area contributed by atoms with Crippen molar-refractivity contribution in [2.45, 2.75) is 39.5 Å². The molecule has 2 rings (SSSR count). The molecule has 0 spiro atoms. The maximum Gasteiger partial charge on any atom is 0.0478 e. The molecule has 0 N–H and O–H groups in total. The van der Waals surface area contributed by atoms with E-state index in [1.54, 1.807) is 0 Å². The Hall–Kier alpha value is -0.860. The number of piperidine rings is 1. The fourth-order valence-electron chi connectivity index (χ4n) is 3.49. The van der Waals surface area contributed by atoms with Crippen molar-refractivity contribution in [3.05, 3.63) is 35.9 Å². The minimum Gasteiger partial charge on any atom is -0.381 e. The zero-order valence-electron chi connectivity index (χ0n) is 13.8. The zero-order chi connectivity index (χ0) is 14.9. The van der Waals surface area contributed by atoms with E-state index in [9.17, 15) is 0 Å². The van der Waals surface area contributed by atoms with Crippen molar-refractivity contribution in [3.8, 4) is 0 Å². The zero-order valence-corrected chi connectivity index (χ0v) is 13.8. The topological polar surface area (TPSA) is 12.5 Å². The van der Waals surface area contributed by atoms with Crippen LogP contribution in [0, 0.1) is 11.8 Å². The number of hydrogen-bond donors (Lipinski definition) is 0. The van der Waals surface area contributed by atoms with E-state index in [1.165, 1.54) is 38.0 Å². The molecule has 1 aromatic carbocycles. The van der Waals surface area contributed by atoms with E-state index in [4.69, 9.17) is 4.74 Å². The SMILES string of the molecule is C[C@@H]1C[C@H](C)CN(CCCOCCCc2ccccc2)C1. The van der Waals surface area contributed by atoms with Gasteiger partial charge in [0.15, 0.2) is 0 Å². The van der Waals surface area contributed by atoms with Gasteiger partial charge in [0, 0.05) is 32.8 Å². The molecule has 0 amide bonds.